The van der Waals surface area contributed by atoms with E-state index in [4.69, 9.17) is 20.0 Å². The van der Waals surface area contributed by atoms with Crippen LogP contribution in [0, 0.1) is 0 Å². The number of nitrogens with two attached hydrogens (primary N) is 1. The second kappa shape index (κ2) is 6.41. The highest BCUT2D eigenvalue weighted by Gasteiger charge is 2.20. The van der Waals surface area contributed by atoms with E-state index in [0.717, 1.165) is 17.1 Å². The topological polar surface area (TPSA) is 68.6 Å². The molecule has 0 radical (unpaired) electrons. The molecule has 4 nitrogen and oxygen atoms in total. The van der Waals surface area contributed by atoms with Gasteiger partial charge in [-0.25, -0.2) is 0 Å². The molecule has 0 aliphatic carbocycles. The zero-order chi connectivity index (χ0) is 13.7. The van der Waals surface area contributed by atoms with Crippen molar-refractivity contribution in [2.75, 3.05) is 6.61 Å². The van der Waals surface area contributed by atoms with Crippen LogP contribution < -0.4 is 10.5 Å². The monoisotopic (exact) mass is 261 g/mol. The molecule has 0 aliphatic heterocycles. The van der Waals surface area contributed by atoms with Crippen LogP contribution >= 0.6 is 0 Å². The summed E-state index contributed by atoms with van der Waals surface area (Å²) in [6.07, 6.45) is 1.95. The number of rotatable bonds is 6. The Morgan fingerprint density at radius 1 is 1.26 bits per heavy atom. The third kappa shape index (κ3) is 3.59. The SMILES string of the molecule is CC(N)C(Oc1ccc(CCO)cc1)c1ccco1. The van der Waals surface area contributed by atoms with Crippen LogP contribution in [0.25, 0.3) is 0 Å². The minimum Gasteiger partial charge on any atom is -0.481 e. The Hall–Kier alpha value is -1.78. The van der Waals surface area contributed by atoms with Crippen molar-refractivity contribution in [2.24, 2.45) is 5.73 Å². The highest BCUT2D eigenvalue weighted by molar-refractivity contribution is 5.28. The lowest BCUT2D eigenvalue weighted by molar-refractivity contribution is 0.153. The summed E-state index contributed by atoms with van der Waals surface area (Å²) in [5.41, 5.74) is 7.01. The van der Waals surface area contributed by atoms with Gasteiger partial charge in [-0.1, -0.05) is 12.1 Å². The molecule has 0 aliphatic rings. The van der Waals surface area contributed by atoms with Crippen molar-refractivity contribution < 1.29 is 14.3 Å². The van der Waals surface area contributed by atoms with Crippen LogP contribution in [0.5, 0.6) is 5.75 Å². The van der Waals surface area contributed by atoms with Crippen molar-refractivity contribution in [3.05, 3.63) is 54.0 Å². The Balaban J connectivity index is 2.09. The van der Waals surface area contributed by atoms with Crippen LogP contribution in [0.4, 0.5) is 0 Å². The molecule has 0 amide bonds. The molecule has 0 saturated heterocycles. The lowest BCUT2D eigenvalue weighted by atomic mass is 10.1. The first-order valence-corrected chi connectivity index (χ1v) is 6.36. The van der Waals surface area contributed by atoms with Crippen molar-refractivity contribution in [3.63, 3.8) is 0 Å². The highest BCUT2D eigenvalue weighted by atomic mass is 16.5. The molecular weight excluding hydrogens is 242 g/mol. The lowest BCUT2D eigenvalue weighted by Gasteiger charge is -2.20. The number of aliphatic hydroxyl groups excluding tert-OH is 1. The van der Waals surface area contributed by atoms with E-state index in [1.807, 2.05) is 43.3 Å². The van der Waals surface area contributed by atoms with Gasteiger partial charge in [0.05, 0.1) is 6.26 Å². The minimum absolute atomic E-state index is 0.148. The van der Waals surface area contributed by atoms with E-state index < -0.39 is 0 Å². The fourth-order valence-electron chi connectivity index (χ4n) is 1.89. The molecule has 1 heterocycles. The number of aliphatic hydroxyl groups is 1. The molecule has 2 atom stereocenters. The summed E-state index contributed by atoms with van der Waals surface area (Å²) in [6.45, 7) is 2.03. The maximum Gasteiger partial charge on any atom is 0.171 e. The number of hydrogen-bond donors (Lipinski definition) is 2. The van der Waals surface area contributed by atoms with Gasteiger partial charge in [0.15, 0.2) is 6.10 Å². The van der Waals surface area contributed by atoms with Crippen LogP contribution in [0.3, 0.4) is 0 Å². The molecule has 102 valence electrons. The predicted molar refractivity (Wildman–Crippen MR) is 73.0 cm³/mol. The van der Waals surface area contributed by atoms with Crippen LogP contribution in [0.1, 0.15) is 24.4 Å². The Morgan fingerprint density at radius 3 is 2.53 bits per heavy atom. The predicted octanol–water partition coefficient (Wildman–Crippen LogP) is 2.28. The average molecular weight is 261 g/mol. The molecule has 19 heavy (non-hydrogen) atoms. The van der Waals surface area contributed by atoms with Gasteiger partial charge in [-0.15, -0.1) is 0 Å². The standard InChI is InChI=1S/C15H19NO3/c1-11(16)15(14-3-2-10-18-14)19-13-6-4-12(5-7-13)8-9-17/h2-7,10-11,15,17H,8-9,16H2,1H3. The first-order chi connectivity index (χ1) is 9.20. The molecule has 1 aromatic carbocycles. The number of ether oxygens (including phenoxy) is 1. The Bertz CT molecular complexity index is 477. The van der Waals surface area contributed by atoms with Crippen molar-refractivity contribution in [1.29, 1.82) is 0 Å². The fourth-order valence-corrected chi connectivity index (χ4v) is 1.89. The number of benzene rings is 1. The number of hydrogen-bond acceptors (Lipinski definition) is 4. The zero-order valence-corrected chi connectivity index (χ0v) is 11.0. The molecule has 4 heteroatoms. The zero-order valence-electron chi connectivity index (χ0n) is 11.0. The molecule has 0 spiro atoms. The van der Waals surface area contributed by atoms with E-state index in [0.29, 0.717) is 6.42 Å². The van der Waals surface area contributed by atoms with E-state index in [-0.39, 0.29) is 18.8 Å². The van der Waals surface area contributed by atoms with E-state index in [9.17, 15) is 0 Å². The molecule has 0 bridgehead atoms. The van der Waals surface area contributed by atoms with Crippen molar-refractivity contribution >= 4 is 0 Å². The van der Waals surface area contributed by atoms with Gasteiger partial charge >= 0.3 is 0 Å². The Labute approximate surface area is 112 Å². The third-order valence-corrected chi connectivity index (χ3v) is 2.89. The van der Waals surface area contributed by atoms with Crippen LogP contribution in [-0.4, -0.2) is 17.8 Å². The summed E-state index contributed by atoms with van der Waals surface area (Å²) >= 11 is 0. The summed E-state index contributed by atoms with van der Waals surface area (Å²) in [5, 5.41) is 8.87. The van der Waals surface area contributed by atoms with E-state index in [1.165, 1.54) is 0 Å². The minimum atomic E-state index is -0.307. The molecule has 2 unspecified atom stereocenters. The van der Waals surface area contributed by atoms with Gasteiger partial charge in [-0.2, -0.15) is 0 Å². The van der Waals surface area contributed by atoms with Gasteiger partial charge in [0, 0.05) is 12.6 Å². The normalized spacial score (nSPS) is 14.1. The van der Waals surface area contributed by atoms with Crippen molar-refractivity contribution in [1.82, 2.24) is 0 Å². The second-order valence-electron chi connectivity index (χ2n) is 4.53. The Morgan fingerprint density at radius 2 is 2.00 bits per heavy atom. The van der Waals surface area contributed by atoms with Gasteiger partial charge in [-0.05, 0) is 43.2 Å². The summed E-state index contributed by atoms with van der Waals surface area (Å²) in [5.74, 6) is 1.45. The average Bonchev–Trinajstić information content (AvgIpc) is 2.91. The quantitative estimate of drug-likeness (QED) is 0.837. The first-order valence-electron chi connectivity index (χ1n) is 6.36. The Kier molecular flexibility index (Phi) is 4.60. The largest absolute Gasteiger partial charge is 0.481 e. The van der Waals surface area contributed by atoms with Gasteiger partial charge in [-0.3, -0.25) is 0 Å². The highest BCUT2D eigenvalue weighted by Crippen LogP contribution is 2.24. The van der Waals surface area contributed by atoms with Crippen LogP contribution in [-0.2, 0) is 6.42 Å². The van der Waals surface area contributed by atoms with Crippen molar-refractivity contribution in [3.8, 4) is 5.75 Å². The fraction of sp³-hybridized carbons (Fsp3) is 0.333. The summed E-state index contributed by atoms with van der Waals surface area (Å²) in [6, 6.07) is 11.1. The summed E-state index contributed by atoms with van der Waals surface area (Å²) in [4.78, 5) is 0. The van der Waals surface area contributed by atoms with Crippen LogP contribution in [0.15, 0.2) is 47.1 Å². The van der Waals surface area contributed by atoms with E-state index in [2.05, 4.69) is 0 Å². The molecule has 1 aromatic heterocycles. The van der Waals surface area contributed by atoms with Gasteiger partial charge < -0.3 is 20.0 Å². The van der Waals surface area contributed by atoms with Gasteiger partial charge in [0.1, 0.15) is 11.5 Å². The van der Waals surface area contributed by atoms with Crippen molar-refractivity contribution in [2.45, 2.75) is 25.5 Å². The van der Waals surface area contributed by atoms with Gasteiger partial charge in [0.2, 0.25) is 0 Å². The summed E-state index contributed by atoms with van der Waals surface area (Å²) < 4.78 is 11.2. The summed E-state index contributed by atoms with van der Waals surface area (Å²) in [7, 11) is 0. The second-order valence-corrected chi connectivity index (χ2v) is 4.53. The lowest BCUT2D eigenvalue weighted by Crippen LogP contribution is -2.28. The molecule has 2 aromatic rings. The molecule has 0 saturated carbocycles. The van der Waals surface area contributed by atoms with E-state index in [1.54, 1.807) is 6.26 Å². The third-order valence-electron chi connectivity index (χ3n) is 2.89. The molecule has 3 N–H and O–H groups in total. The van der Waals surface area contributed by atoms with E-state index >= 15 is 0 Å². The molecular formula is C15H19NO3. The van der Waals surface area contributed by atoms with Crippen LogP contribution in [0.2, 0.25) is 0 Å². The molecule has 2 rings (SSSR count). The maximum absolute atomic E-state index is 8.87. The molecule has 0 fully saturated rings. The maximum atomic E-state index is 8.87. The first kappa shape index (κ1) is 13.6. The number of furan rings is 1. The van der Waals surface area contributed by atoms with Gasteiger partial charge in [0.25, 0.3) is 0 Å². The smallest absolute Gasteiger partial charge is 0.171 e.